The number of ether oxygens (including phenoxy) is 1. The maximum atomic E-state index is 15.6. The molecular formula is C33H45FN4O4. The van der Waals surface area contributed by atoms with Crippen molar-refractivity contribution in [1.82, 2.24) is 15.2 Å². The maximum absolute atomic E-state index is 15.6. The molecule has 2 aromatic rings. The van der Waals surface area contributed by atoms with E-state index in [1.807, 2.05) is 12.1 Å². The van der Waals surface area contributed by atoms with Gasteiger partial charge in [0.1, 0.15) is 23.9 Å². The summed E-state index contributed by atoms with van der Waals surface area (Å²) in [5.74, 6) is -1.04. The van der Waals surface area contributed by atoms with Crippen molar-refractivity contribution in [2.75, 3.05) is 11.4 Å². The standard InChI is InChI=1S/C33H45FN4O4/c1-32(2,3)23-14-16-25(17-15-23)38(30(40)28-26(34)18-20-37(28)31(41)42-33(4,5)6)27(22-11-10-19-35-21-22)29(39)36-24-12-8-7-9-13-24/h10-11,14-17,19,21,24,26-28H,7-9,12-13,18,20H2,1-6H3,(H,36,39)/t26-,27?,28-/m1/s1. The molecule has 3 atom stereocenters. The van der Waals surface area contributed by atoms with E-state index in [4.69, 9.17) is 4.74 Å². The van der Waals surface area contributed by atoms with E-state index < -0.39 is 35.9 Å². The van der Waals surface area contributed by atoms with Crippen molar-refractivity contribution >= 4 is 23.6 Å². The summed E-state index contributed by atoms with van der Waals surface area (Å²) in [7, 11) is 0. The van der Waals surface area contributed by atoms with Crippen molar-refractivity contribution in [2.24, 2.45) is 0 Å². The average molecular weight is 581 g/mol. The van der Waals surface area contributed by atoms with E-state index in [2.05, 4.69) is 31.1 Å². The minimum absolute atomic E-state index is 0.00171. The van der Waals surface area contributed by atoms with E-state index in [0.29, 0.717) is 11.3 Å². The van der Waals surface area contributed by atoms with Gasteiger partial charge in [-0.3, -0.25) is 24.4 Å². The number of pyridine rings is 1. The van der Waals surface area contributed by atoms with Crippen LogP contribution in [0.4, 0.5) is 14.9 Å². The lowest BCUT2D eigenvalue weighted by Crippen LogP contribution is -2.55. The Labute approximate surface area is 249 Å². The first-order chi connectivity index (χ1) is 19.8. The lowest BCUT2D eigenvalue weighted by Gasteiger charge is -2.37. The highest BCUT2D eigenvalue weighted by Crippen LogP contribution is 2.35. The number of benzene rings is 1. The van der Waals surface area contributed by atoms with Gasteiger partial charge in [-0.25, -0.2) is 9.18 Å². The molecular weight excluding hydrogens is 535 g/mol. The zero-order chi connectivity index (χ0) is 30.7. The van der Waals surface area contributed by atoms with Crippen molar-refractivity contribution in [3.05, 3.63) is 59.9 Å². The number of alkyl halides is 1. The lowest BCUT2D eigenvalue weighted by molar-refractivity contribution is -0.129. The van der Waals surface area contributed by atoms with Gasteiger partial charge in [0.2, 0.25) is 5.91 Å². The van der Waals surface area contributed by atoms with Crippen molar-refractivity contribution in [2.45, 2.75) is 115 Å². The molecule has 1 N–H and O–H groups in total. The minimum Gasteiger partial charge on any atom is -0.444 e. The van der Waals surface area contributed by atoms with Crippen LogP contribution in [0.3, 0.4) is 0 Å². The Kier molecular flexibility index (Phi) is 9.58. The molecule has 0 bridgehead atoms. The van der Waals surface area contributed by atoms with Crippen LogP contribution in [0.1, 0.15) is 97.2 Å². The normalized spacial score (nSPS) is 20.6. The van der Waals surface area contributed by atoms with Gasteiger partial charge in [-0.15, -0.1) is 0 Å². The van der Waals surface area contributed by atoms with Gasteiger partial charge in [0, 0.05) is 36.2 Å². The van der Waals surface area contributed by atoms with E-state index in [1.54, 1.807) is 57.4 Å². The smallest absolute Gasteiger partial charge is 0.411 e. The van der Waals surface area contributed by atoms with Crippen LogP contribution in [0.15, 0.2) is 48.8 Å². The SMILES string of the molecule is CC(C)(C)OC(=O)N1CC[C@@H](F)[C@@H]1C(=O)N(c1ccc(C(C)(C)C)cc1)C(C(=O)NC1CCCCC1)c1cccnc1. The zero-order valence-electron chi connectivity index (χ0n) is 25.7. The summed E-state index contributed by atoms with van der Waals surface area (Å²) in [6.45, 7) is 11.5. The van der Waals surface area contributed by atoms with Crippen molar-refractivity contribution in [3.8, 4) is 0 Å². The third kappa shape index (κ3) is 7.47. The molecule has 1 saturated carbocycles. The van der Waals surface area contributed by atoms with E-state index in [1.165, 1.54) is 4.90 Å². The zero-order valence-corrected chi connectivity index (χ0v) is 25.7. The number of carbonyl (C=O) groups is 3. The number of rotatable bonds is 6. The molecule has 0 spiro atoms. The topological polar surface area (TPSA) is 91.8 Å². The van der Waals surface area contributed by atoms with Gasteiger partial charge in [0.05, 0.1) is 0 Å². The van der Waals surface area contributed by atoms with Crippen molar-refractivity contribution < 1.29 is 23.5 Å². The number of carbonyl (C=O) groups excluding carboxylic acids is 3. The van der Waals surface area contributed by atoms with E-state index in [0.717, 1.165) is 42.6 Å². The molecule has 2 heterocycles. The molecule has 2 aliphatic rings. The molecule has 228 valence electrons. The highest BCUT2D eigenvalue weighted by atomic mass is 19.1. The second-order valence-corrected chi connectivity index (χ2v) is 13.5. The molecule has 42 heavy (non-hydrogen) atoms. The number of amides is 3. The summed E-state index contributed by atoms with van der Waals surface area (Å²) in [4.78, 5) is 48.6. The Balaban J connectivity index is 1.80. The van der Waals surface area contributed by atoms with Crippen molar-refractivity contribution in [1.29, 1.82) is 0 Å². The molecule has 1 unspecified atom stereocenters. The van der Waals surface area contributed by atoms with Crippen LogP contribution in [-0.4, -0.2) is 58.2 Å². The van der Waals surface area contributed by atoms with E-state index in [-0.39, 0.29) is 30.3 Å². The van der Waals surface area contributed by atoms with Gasteiger partial charge in [-0.2, -0.15) is 0 Å². The first kappa shape index (κ1) is 31.4. The third-order valence-electron chi connectivity index (χ3n) is 7.91. The fourth-order valence-corrected chi connectivity index (χ4v) is 5.72. The molecule has 4 rings (SSSR count). The van der Waals surface area contributed by atoms with Gasteiger partial charge in [0.25, 0.3) is 5.91 Å². The Morgan fingerprint density at radius 1 is 1.00 bits per heavy atom. The summed E-state index contributed by atoms with van der Waals surface area (Å²) in [6.07, 6.45) is 5.69. The summed E-state index contributed by atoms with van der Waals surface area (Å²) in [6, 6.07) is 8.29. The predicted molar refractivity (Wildman–Crippen MR) is 161 cm³/mol. The van der Waals surface area contributed by atoms with Crippen LogP contribution >= 0.6 is 0 Å². The Hall–Kier alpha value is -3.49. The van der Waals surface area contributed by atoms with Crippen LogP contribution in [-0.2, 0) is 19.7 Å². The van der Waals surface area contributed by atoms with Crippen LogP contribution < -0.4 is 10.2 Å². The Morgan fingerprint density at radius 2 is 1.67 bits per heavy atom. The van der Waals surface area contributed by atoms with Gasteiger partial charge >= 0.3 is 6.09 Å². The highest BCUT2D eigenvalue weighted by molar-refractivity contribution is 6.05. The molecule has 1 saturated heterocycles. The van der Waals surface area contributed by atoms with Gasteiger partial charge in [0.15, 0.2) is 0 Å². The Morgan fingerprint density at radius 3 is 2.24 bits per heavy atom. The quantitative estimate of drug-likeness (QED) is 0.436. The first-order valence-electron chi connectivity index (χ1n) is 15.0. The van der Waals surface area contributed by atoms with Gasteiger partial charge < -0.3 is 10.1 Å². The predicted octanol–water partition coefficient (Wildman–Crippen LogP) is 6.25. The Bertz CT molecular complexity index is 1230. The second kappa shape index (κ2) is 12.8. The highest BCUT2D eigenvalue weighted by Gasteiger charge is 2.48. The summed E-state index contributed by atoms with van der Waals surface area (Å²) < 4.78 is 21.2. The summed E-state index contributed by atoms with van der Waals surface area (Å²) in [5, 5.41) is 3.17. The summed E-state index contributed by atoms with van der Waals surface area (Å²) in [5.41, 5.74) is 1.01. The molecule has 1 aliphatic heterocycles. The fraction of sp³-hybridized carbons (Fsp3) is 0.576. The van der Waals surface area contributed by atoms with Crippen molar-refractivity contribution in [3.63, 3.8) is 0 Å². The van der Waals surface area contributed by atoms with Crippen LogP contribution in [0.25, 0.3) is 0 Å². The number of halogens is 1. The number of nitrogens with zero attached hydrogens (tertiary/aromatic N) is 3. The molecule has 1 aromatic carbocycles. The van der Waals surface area contributed by atoms with Crippen LogP contribution in [0, 0.1) is 0 Å². The monoisotopic (exact) mass is 580 g/mol. The van der Waals surface area contributed by atoms with Gasteiger partial charge in [-0.05, 0) is 69.2 Å². The molecule has 2 fully saturated rings. The maximum Gasteiger partial charge on any atom is 0.411 e. The molecule has 0 radical (unpaired) electrons. The first-order valence-corrected chi connectivity index (χ1v) is 15.0. The lowest BCUT2D eigenvalue weighted by atomic mass is 9.87. The van der Waals surface area contributed by atoms with Crippen LogP contribution in [0.2, 0.25) is 0 Å². The molecule has 1 aromatic heterocycles. The largest absolute Gasteiger partial charge is 0.444 e. The number of hydrogen-bond acceptors (Lipinski definition) is 5. The number of nitrogens with one attached hydrogen (secondary N) is 1. The number of likely N-dealkylation sites (tertiary alicyclic amines) is 1. The molecule has 9 heteroatoms. The average Bonchev–Trinajstić information content (AvgIpc) is 3.32. The van der Waals surface area contributed by atoms with Crippen LogP contribution in [0.5, 0.6) is 0 Å². The summed E-state index contributed by atoms with van der Waals surface area (Å²) >= 11 is 0. The third-order valence-corrected chi connectivity index (χ3v) is 7.91. The fourth-order valence-electron chi connectivity index (χ4n) is 5.72. The van der Waals surface area contributed by atoms with E-state index >= 15 is 4.39 Å². The van der Waals surface area contributed by atoms with E-state index in [9.17, 15) is 14.4 Å². The molecule has 1 aliphatic carbocycles. The number of aromatic nitrogens is 1. The van der Waals surface area contributed by atoms with Gasteiger partial charge in [-0.1, -0.05) is 58.2 Å². The second-order valence-electron chi connectivity index (χ2n) is 13.5. The number of anilines is 1. The minimum atomic E-state index is -1.61. The molecule has 8 nitrogen and oxygen atoms in total. The number of hydrogen-bond donors (Lipinski definition) is 1. The molecule has 3 amide bonds.